The van der Waals surface area contributed by atoms with Crippen LogP contribution in [-0.2, 0) is 9.53 Å². The number of hydrogen-bond acceptors (Lipinski definition) is 7. The molecule has 1 amide bonds. The summed E-state index contributed by atoms with van der Waals surface area (Å²) < 4.78 is 5.19. The van der Waals surface area contributed by atoms with Crippen molar-refractivity contribution in [2.45, 2.75) is 19.4 Å². The Morgan fingerprint density at radius 3 is 2.95 bits per heavy atom. The van der Waals surface area contributed by atoms with Crippen LogP contribution in [0.4, 0.5) is 5.13 Å². The van der Waals surface area contributed by atoms with Crippen molar-refractivity contribution in [3.8, 4) is 10.7 Å². The lowest BCUT2D eigenvalue weighted by Crippen LogP contribution is -2.20. The van der Waals surface area contributed by atoms with E-state index in [0.717, 1.165) is 5.69 Å². The lowest BCUT2D eigenvalue weighted by molar-refractivity contribution is -0.117. The van der Waals surface area contributed by atoms with E-state index >= 15 is 0 Å². The predicted octanol–water partition coefficient (Wildman–Crippen LogP) is 1.73. The van der Waals surface area contributed by atoms with Gasteiger partial charge in [0.15, 0.2) is 5.01 Å². The molecule has 1 atom stereocenters. The van der Waals surface area contributed by atoms with Crippen LogP contribution in [-0.4, -0.2) is 40.0 Å². The van der Waals surface area contributed by atoms with Gasteiger partial charge in [0.1, 0.15) is 5.69 Å². The van der Waals surface area contributed by atoms with Crippen molar-refractivity contribution in [3.05, 3.63) is 24.4 Å². The number of methoxy groups -OCH3 is 1. The van der Waals surface area contributed by atoms with Crippen molar-refractivity contribution in [1.29, 1.82) is 0 Å². The first-order valence-corrected chi connectivity index (χ1v) is 7.18. The van der Waals surface area contributed by atoms with Crippen LogP contribution in [0.1, 0.15) is 13.3 Å². The maximum atomic E-state index is 12.0. The molecule has 108 valence electrons. The van der Waals surface area contributed by atoms with Crippen LogP contribution in [0.2, 0.25) is 0 Å². The van der Waals surface area contributed by atoms with Crippen LogP contribution in [0.5, 0.6) is 0 Å². The van der Waals surface area contributed by atoms with Gasteiger partial charge in [-0.3, -0.25) is 9.78 Å². The second-order valence-electron chi connectivity index (χ2n) is 4.46. The Hall–Kier alpha value is -2.19. The standard InChI is InChI=1S/C13H13N5O2S/c1-8(20-2)10-7-11(19)18(17-10)13-16-15-12(21-13)9-5-3-4-6-14-9/h3-6,8H,7H2,1-2H3. The number of hydrazone groups is 1. The summed E-state index contributed by atoms with van der Waals surface area (Å²) in [5.41, 5.74) is 1.42. The van der Waals surface area contributed by atoms with Gasteiger partial charge in [-0.25, -0.2) is 0 Å². The normalized spacial score (nSPS) is 16.2. The molecular weight excluding hydrogens is 290 g/mol. The number of ether oxygens (including phenoxy) is 1. The molecule has 8 heteroatoms. The van der Waals surface area contributed by atoms with Crippen molar-refractivity contribution in [1.82, 2.24) is 15.2 Å². The quantitative estimate of drug-likeness (QED) is 0.859. The molecule has 0 aromatic carbocycles. The molecule has 0 bridgehead atoms. The highest BCUT2D eigenvalue weighted by Gasteiger charge is 2.30. The summed E-state index contributed by atoms with van der Waals surface area (Å²) in [5, 5.41) is 14.8. The second kappa shape index (κ2) is 5.66. The van der Waals surface area contributed by atoms with Crippen molar-refractivity contribution < 1.29 is 9.53 Å². The van der Waals surface area contributed by atoms with E-state index in [4.69, 9.17) is 4.74 Å². The zero-order valence-electron chi connectivity index (χ0n) is 11.6. The van der Waals surface area contributed by atoms with E-state index in [-0.39, 0.29) is 18.4 Å². The number of anilines is 1. The number of pyridine rings is 1. The van der Waals surface area contributed by atoms with Gasteiger partial charge >= 0.3 is 0 Å². The molecule has 21 heavy (non-hydrogen) atoms. The number of aromatic nitrogens is 3. The molecule has 0 saturated heterocycles. The highest BCUT2D eigenvalue weighted by Crippen LogP contribution is 2.29. The molecule has 3 heterocycles. The second-order valence-corrected chi connectivity index (χ2v) is 5.41. The highest BCUT2D eigenvalue weighted by molar-refractivity contribution is 7.18. The van der Waals surface area contributed by atoms with E-state index < -0.39 is 0 Å². The molecule has 1 aliphatic heterocycles. The smallest absolute Gasteiger partial charge is 0.255 e. The van der Waals surface area contributed by atoms with Gasteiger partial charge in [0, 0.05) is 13.3 Å². The number of carbonyl (C=O) groups excluding carboxylic acids is 1. The molecule has 1 aliphatic rings. The predicted molar refractivity (Wildman–Crippen MR) is 79.1 cm³/mol. The molecule has 0 saturated carbocycles. The molecular formula is C13H13N5O2S. The summed E-state index contributed by atoms with van der Waals surface area (Å²) in [6.07, 6.45) is 1.74. The first-order chi connectivity index (χ1) is 10.2. The van der Waals surface area contributed by atoms with Crippen LogP contribution in [0.15, 0.2) is 29.5 Å². The first kappa shape index (κ1) is 13.8. The zero-order valence-corrected chi connectivity index (χ0v) is 12.4. The number of carbonyl (C=O) groups is 1. The third-order valence-electron chi connectivity index (χ3n) is 3.10. The Bertz CT molecular complexity index is 685. The molecule has 2 aromatic rings. The molecule has 0 N–H and O–H groups in total. The molecule has 0 aliphatic carbocycles. The summed E-state index contributed by atoms with van der Waals surface area (Å²) in [7, 11) is 1.59. The Morgan fingerprint density at radius 2 is 2.24 bits per heavy atom. The highest BCUT2D eigenvalue weighted by atomic mass is 32.1. The molecule has 0 radical (unpaired) electrons. The Balaban J connectivity index is 1.87. The minimum Gasteiger partial charge on any atom is -0.376 e. The van der Waals surface area contributed by atoms with Gasteiger partial charge in [0.2, 0.25) is 5.13 Å². The van der Waals surface area contributed by atoms with Crippen LogP contribution in [0.3, 0.4) is 0 Å². The zero-order chi connectivity index (χ0) is 14.8. The van der Waals surface area contributed by atoms with E-state index in [0.29, 0.717) is 15.9 Å². The maximum Gasteiger partial charge on any atom is 0.255 e. The summed E-state index contributed by atoms with van der Waals surface area (Å²) in [4.78, 5) is 16.2. The van der Waals surface area contributed by atoms with E-state index in [2.05, 4.69) is 20.3 Å². The fraction of sp³-hybridized carbons (Fsp3) is 0.308. The Labute approximate surface area is 125 Å². The van der Waals surface area contributed by atoms with Crippen molar-refractivity contribution in [3.63, 3.8) is 0 Å². The minimum absolute atomic E-state index is 0.127. The minimum atomic E-state index is -0.192. The summed E-state index contributed by atoms with van der Waals surface area (Å²) in [5.74, 6) is -0.127. The lowest BCUT2D eigenvalue weighted by Gasteiger charge is -2.06. The number of amides is 1. The van der Waals surface area contributed by atoms with Gasteiger partial charge in [0.05, 0.1) is 18.2 Å². The monoisotopic (exact) mass is 303 g/mol. The Kier molecular flexibility index (Phi) is 3.72. The van der Waals surface area contributed by atoms with E-state index in [1.807, 2.05) is 25.1 Å². The molecule has 2 aromatic heterocycles. The molecule has 7 nitrogen and oxygen atoms in total. The van der Waals surface area contributed by atoms with Crippen molar-refractivity contribution in [2.75, 3.05) is 12.1 Å². The average Bonchev–Trinajstić information content (AvgIpc) is 3.14. The summed E-state index contributed by atoms with van der Waals surface area (Å²) in [6.45, 7) is 1.86. The van der Waals surface area contributed by atoms with Crippen molar-refractivity contribution in [2.24, 2.45) is 5.10 Å². The summed E-state index contributed by atoms with van der Waals surface area (Å²) >= 11 is 1.28. The van der Waals surface area contributed by atoms with E-state index in [1.54, 1.807) is 13.3 Å². The van der Waals surface area contributed by atoms with Crippen LogP contribution < -0.4 is 5.01 Å². The summed E-state index contributed by atoms with van der Waals surface area (Å²) in [6, 6.07) is 5.55. The third-order valence-corrected chi connectivity index (χ3v) is 4.02. The lowest BCUT2D eigenvalue weighted by atomic mass is 10.2. The maximum absolute atomic E-state index is 12.0. The number of rotatable bonds is 4. The van der Waals surface area contributed by atoms with Gasteiger partial charge in [-0.2, -0.15) is 10.1 Å². The topological polar surface area (TPSA) is 80.6 Å². The number of hydrogen-bond donors (Lipinski definition) is 0. The molecule has 1 unspecified atom stereocenters. The first-order valence-electron chi connectivity index (χ1n) is 6.37. The van der Waals surface area contributed by atoms with Gasteiger partial charge in [-0.15, -0.1) is 10.2 Å². The van der Waals surface area contributed by atoms with Crippen LogP contribution in [0, 0.1) is 0 Å². The van der Waals surface area contributed by atoms with Crippen LogP contribution in [0.25, 0.3) is 10.7 Å². The van der Waals surface area contributed by atoms with Gasteiger partial charge in [-0.1, -0.05) is 17.4 Å². The largest absolute Gasteiger partial charge is 0.376 e. The van der Waals surface area contributed by atoms with E-state index in [9.17, 15) is 4.79 Å². The van der Waals surface area contributed by atoms with Crippen LogP contribution >= 0.6 is 11.3 Å². The SMILES string of the molecule is COC(C)C1=NN(c2nnc(-c3ccccn3)s2)C(=O)C1. The fourth-order valence-corrected chi connectivity index (χ4v) is 2.64. The van der Waals surface area contributed by atoms with Gasteiger partial charge in [0.25, 0.3) is 5.91 Å². The Morgan fingerprint density at radius 1 is 1.38 bits per heavy atom. The fourth-order valence-electron chi connectivity index (χ4n) is 1.85. The van der Waals surface area contributed by atoms with Gasteiger partial charge < -0.3 is 4.74 Å². The molecule has 3 rings (SSSR count). The van der Waals surface area contributed by atoms with Crippen molar-refractivity contribution >= 4 is 28.1 Å². The molecule has 0 spiro atoms. The number of nitrogens with zero attached hydrogens (tertiary/aromatic N) is 5. The average molecular weight is 303 g/mol. The van der Waals surface area contributed by atoms with Gasteiger partial charge in [-0.05, 0) is 19.1 Å². The molecule has 0 fully saturated rings. The van der Waals surface area contributed by atoms with E-state index in [1.165, 1.54) is 16.3 Å². The third kappa shape index (κ3) is 2.67.